The molecule has 1 atom stereocenters. The van der Waals surface area contributed by atoms with Crippen LogP contribution in [0.2, 0.25) is 0 Å². The van der Waals surface area contributed by atoms with Crippen LogP contribution in [0.3, 0.4) is 0 Å². The lowest BCUT2D eigenvalue weighted by Gasteiger charge is -2.15. The summed E-state index contributed by atoms with van der Waals surface area (Å²) < 4.78 is 10.8. The Morgan fingerprint density at radius 2 is 1.88 bits per heavy atom. The Morgan fingerprint density at radius 1 is 1.12 bits per heavy atom. The Balaban J connectivity index is 1.76. The zero-order valence-corrected chi connectivity index (χ0v) is 13.4. The first-order chi connectivity index (χ1) is 11.5. The second-order valence-corrected chi connectivity index (χ2v) is 5.52. The van der Waals surface area contributed by atoms with Crippen LogP contribution >= 0.6 is 0 Å². The molecule has 0 spiro atoms. The van der Waals surface area contributed by atoms with Crippen molar-refractivity contribution in [3.63, 3.8) is 0 Å². The SMILES string of the molecule is Cc1cc(=O)oc2cc(NC(=O)[C@H](C)Oc3ccccc3)ccc12. The van der Waals surface area contributed by atoms with Gasteiger partial charge < -0.3 is 14.5 Å². The molecular formula is C19H17NO4. The smallest absolute Gasteiger partial charge is 0.336 e. The quantitative estimate of drug-likeness (QED) is 0.746. The third kappa shape index (κ3) is 3.46. The minimum atomic E-state index is -0.660. The molecule has 0 aliphatic carbocycles. The fourth-order valence-corrected chi connectivity index (χ4v) is 2.40. The van der Waals surface area contributed by atoms with Crippen LogP contribution in [0.1, 0.15) is 12.5 Å². The molecule has 1 aromatic heterocycles. The molecule has 0 aliphatic heterocycles. The van der Waals surface area contributed by atoms with Gasteiger partial charge in [-0.1, -0.05) is 18.2 Å². The van der Waals surface area contributed by atoms with Crippen LogP contribution in [-0.4, -0.2) is 12.0 Å². The zero-order valence-electron chi connectivity index (χ0n) is 13.4. The number of nitrogens with one attached hydrogen (secondary N) is 1. The molecule has 0 saturated carbocycles. The Labute approximate surface area is 138 Å². The fourth-order valence-electron chi connectivity index (χ4n) is 2.40. The third-order valence-corrected chi connectivity index (χ3v) is 3.64. The number of ether oxygens (including phenoxy) is 1. The van der Waals surface area contributed by atoms with E-state index >= 15 is 0 Å². The summed E-state index contributed by atoms with van der Waals surface area (Å²) in [5, 5.41) is 3.60. The summed E-state index contributed by atoms with van der Waals surface area (Å²) >= 11 is 0. The second-order valence-electron chi connectivity index (χ2n) is 5.52. The Kier molecular flexibility index (Phi) is 4.33. The number of amides is 1. The van der Waals surface area contributed by atoms with Crippen molar-refractivity contribution in [2.45, 2.75) is 20.0 Å². The predicted molar refractivity (Wildman–Crippen MR) is 92.4 cm³/mol. The number of hydrogen-bond donors (Lipinski definition) is 1. The van der Waals surface area contributed by atoms with E-state index in [1.165, 1.54) is 6.07 Å². The van der Waals surface area contributed by atoms with Crippen molar-refractivity contribution in [3.05, 3.63) is 70.6 Å². The van der Waals surface area contributed by atoms with E-state index < -0.39 is 11.7 Å². The normalized spacial score (nSPS) is 11.9. The highest BCUT2D eigenvalue weighted by molar-refractivity contribution is 5.96. The summed E-state index contributed by atoms with van der Waals surface area (Å²) in [5.74, 6) is 0.341. The molecule has 0 saturated heterocycles. The van der Waals surface area contributed by atoms with Gasteiger partial charge in [0.1, 0.15) is 11.3 Å². The first-order valence-electron chi connectivity index (χ1n) is 7.60. The van der Waals surface area contributed by atoms with E-state index in [1.807, 2.05) is 31.2 Å². The predicted octanol–water partition coefficient (Wildman–Crippen LogP) is 3.51. The average molecular weight is 323 g/mol. The van der Waals surface area contributed by atoms with Gasteiger partial charge in [-0.3, -0.25) is 4.79 Å². The molecule has 122 valence electrons. The molecule has 1 N–H and O–H groups in total. The van der Waals surface area contributed by atoms with Crippen LogP contribution in [0.25, 0.3) is 11.0 Å². The first-order valence-corrected chi connectivity index (χ1v) is 7.60. The van der Waals surface area contributed by atoms with Gasteiger partial charge in [0.05, 0.1) is 0 Å². The van der Waals surface area contributed by atoms with Gasteiger partial charge in [-0.15, -0.1) is 0 Å². The van der Waals surface area contributed by atoms with Crippen molar-refractivity contribution in [2.24, 2.45) is 0 Å². The maximum atomic E-state index is 12.3. The molecule has 0 unspecified atom stereocenters. The molecule has 1 heterocycles. The van der Waals surface area contributed by atoms with E-state index in [4.69, 9.17) is 9.15 Å². The molecule has 3 rings (SSSR count). The van der Waals surface area contributed by atoms with Crippen LogP contribution in [0.15, 0.2) is 63.8 Å². The van der Waals surface area contributed by atoms with Crippen LogP contribution in [-0.2, 0) is 4.79 Å². The summed E-state index contributed by atoms with van der Waals surface area (Å²) in [6.45, 7) is 3.51. The van der Waals surface area contributed by atoms with E-state index in [9.17, 15) is 9.59 Å². The largest absolute Gasteiger partial charge is 0.481 e. The average Bonchev–Trinajstić information content (AvgIpc) is 2.55. The van der Waals surface area contributed by atoms with Gasteiger partial charge in [0.25, 0.3) is 5.91 Å². The number of rotatable bonds is 4. The molecule has 0 bridgehead atoms. The van der Waals surface area contributed by atoms with Gasteiger partial charge >= 0.3 is 5.63 Å². The number of carbonyl (C=O) groups excluding carboxylic acids is 1. The van der Waals surface area contributed by atoms with Crippen molar-refractivity contribution in [1.29, 1.82) is 0 Å². The van der Waals surface area contributed by atoms with Crippen molar-refractivity contribution >= 4 is 22.6 Å². The van der Waals surface area contributed by atoms with Gasteiger partial charge in [0.15, 0.2) is 6.10 Å². The topological polar surface area (TPSA) is 68.5 Å². The molecule has 3 aromatic rings. The standard InChI is InChI=1S/C19H17NO4/c1-12-10-18(21)24-17-11-14(8-9-16(12)17)20-19(22)13(2)23-15-6-4-3-5-7-15/h3-11,13H,1-2H3,(H,20,22)/t13-/m0/s1. The van der Waals surface area contributed by atoms with Crippen LogP contribution < -0.4 is 15.7 Å². The third-order valence-electron chi connectivity index (χ3n) is 3.64. The van der Waals surface area contributed by atoms with Gasteiger partial charge in [0.2, 0.25) is 0 Å². The molecule has 5 nitrogen and oxygen atoms in total. The molecule has 24 heavy (non-hydrogen) atoms. The van der Waals surface area contributed by atoms with Gasteiger partial charge in [-0.2, -0.15) is 0 Å². The molecule has 1 amide bonds. The molecular weight excluding hydrogens is 306 g/mol. The fraction of sp³-hybridized carbons (Fsp3) is 0.158. The number of benzene rings is 2. The van der Waals surface area contributed by atoms with Crippen molar-refractivity contribution < 1.29 is 13.9 Å². The van der Waals surface area contributed by atoms with Crippen LogP contribution in [0, 0.1) is 6.92 Å². The lowest BCUT2D eigenvalue weighted by Crippen LogP contribution is -2.30. The monoisotopic (exact) mass is 323 g/mol. The van der Waals surface area contributed by atoms with E-state index in [1.54, 1.807) is 31.2 Å². The van der Waals surface area contributed by atoms with Gasteiger partial charge in [-0.05, 0) is 43.7 Å². The summed E-state index contributed by atoms with van der Waals surface area (Å²) in [5.41, 5.74) is 1.41. The second kappa shape index (κ2) is 6.58. The molecule has 2 aromatic carbocycles. The van der Waals surface area contributed by atoms with Crippen LogP contribution in [0.4, 0.5) is 5.69 Å². The molecule has 0 aliphatic rings. The first kappa shape index (κ1) is 15.8. The summed E-state index contributed by atoms with van der Waals surface area (Å²) in [6, 6.07) is 15.8. The minimum Gasteiger partial charge on any atom is -0.481 e. The summed E-state index contributed by atoms with van der Waals surface area (Å²) in [4.78, 5) is 23.7. The highest BCUT2D eigenvalue weighted by Gasteiger charge is 2.15. The maximum Gasteiger partial charge on any atom is 0.336 e. The van der Waals surface area contributed by atoms with E-state index in [0.717, 1.165) is 10.9 Å². The van der Waals surface area contributed by atoms with Gasteiger partial charge in [-0.25, -0.2) is 4.79 Å². The zero-order chi connectivity index (χ0) is 17.1. The highest BCUT2D eigenvalue weighted by atomic mass is 16.5. The van der Waals surface area contributed by atoms with Gasteiger partial charge in [0, 0.05) is 23.2 Å². The number of carbonyl (C=O) groups is 1. The molecule has 5 heteroatoms. The maximum absolute atomic E-state index is 12.3. The Bertz CT molecular complexity index is 931. The number of anilines is 1. The van der Waals surface area contributed by atoms with Crippen molar-refractivity contribution in [3.8, 4) is 5.75 Å². The number of aryl methyl sites for hydroxylation is 1. The number of hydrogen-bond acceptors (Lipinski definition) is 4. The van der Waals surface area contributed by atoms with Crippen LogP contribution in [0.5, 0.6) is 5.75 Å². The molecule has 0 fully saturated rings. The van der Waals surface area contributed by atoms with Crippen molar-refractivity contribution in [2.75, 3.05) is 5.32 Å². The number of para-hydroxylation sites is 1. The lowest BCUT2D eigenvalue weighted by atomic mass is 10.1. The number of fused-ring (bicyclic) bond motifs is 1. The highest BCUT2D eigenvalue weighted by Crippen LogP contribution is 2.21. The van der Waals surface area contributed by atoms with E-state index in [0.29, 0.717) is 17.0 Å². The molecule has 0 radical (unpaired) electrons. The minimum absolute atomic E-state index is 0.284. The summed E-state index contributed by atoms with van der Waals surface area (Å²) in [6.07, 6.45) is -0.660. The summed E-state index contributed by atoms with van der Waals surface area (Å²) in [7, 11) is 0. The van der Waals surface area contributed by atoms with E-state index in [-0.39, 0.29) is 5.91 Å². The lowest BCUT2D eigenvalue weighted by molar-refractivity contribution is -0.122. The van der Waals surface area contributed by atoms with E-state index in [2.05, 4.69) is 5.32 Å². The Morgan fingerprint density at radius 3 is 2.62 bits per heavy atom. The Hall–Kier alpha value is -3.08. The van der Waals surface area contributed by atoms with Crippen molar-refractivity contribution in [1.82, 2.24) is 0 Å².